The van der Waals surface area contributed by atoms with Crippen LogP contribution in [0.3, 0.4) is 0 Å². The molecule has 0 bridgehead atoms. The minimum Gasteiger partial charge on any atom is -0.314 e. The van der Waals surface area contributed by atoms with Gasteiger partial charge in [0.25, 0.3) is 0 Å². The Balaban J connectivity index is 1.13. The van der Waals surface area contributed by atoms with E-state index in [0.717, 1.165) is 29.9 Å². The van der Waals surface area contributed by atoms with Crippen LogP contribution in [0.4, 0.5) is 28.4 Å². The van der Waals surface area contributed by atoms with Gasteiger partial charge in [-0.2, -0.15) is 0 Å². The SMILES string of the molecule is C1=C(N(c2ccc(-c3ccc(N(c4ccccc4)c4ccc5ccccc5c4)cc3)cc2)c2cccc3ccccc23)CCCC1. The average molecular weight is 593 g/mol. The minimum atomic E-state index is 1.10. The first-order chi connectivity index (χ1) is 22.8. The smallest absolute Gasteiger partial charge is 0.0536 e. The van der Waals surface area contributed by atoms with Gasteiger partial charge >= 0.3 is 0 Å². The Morgan fingerprint density at radius 2 is 0.978 bits per heavy atom. The van der Waals surface area contributed by atoms with Crippen molar-refractivity contribution in [2.45, 2.75) is 25.7 Å². The summed E-state index contributed by atoms with van der Waals surface area (Å²) in [6.45, 7) is 0. The van der Waals surface area contributed by atoms with E-state index in [1.807, 2.05) is 0 Å². The lowest BCUT2D eigenvalue weighted by Crippen LogP contribution is -2.18. The lowest BCUT2D eigenvalue weighted by atomic mass is 9.99. The Morgan fingerprint density at radius 3 is 1.70 bits per heavy atom. The number of rotatable bonds is 7. The summed E-state index contributed by atoms with van der Waals surface area (Å²) in [6.07, 6.45) is 7.18. The zero-order valence-corrected chi connectivity index (χ0v) is 25.9. The predicted octanol–water partition coefficient (Wildman–Crippen LogP) is 12.7. The second-order valence-corrected chi connectivity index (χ2v) is 12.1. The van der Waals surface area contributed by atoms with Crippen molar-refractivity contribution < 1.29 is 0 Å². The minimum absolute atomic E-state index is 1.10. The maximum atomic E-state index is 2.48. The van der Waals surface area contributed by atoms with Gasteiger partial charge in [0.05, 0.1) is 5.69 Å². The highest BCUT2D eigenvalue weighted by Gasteiger charge is 2.19. The highest BCUT2D eigenvalue weighted by molar-refractivity contribution is 5.97. The average Bonchev–Trinajstić information content (AvgIpc) is 3.13. The number of fused-ring (bicyclic) bond motifs is 2. The molecule has 0 N–H and O–H groups in total. The fourth-order valence-corrected chi connectivity index (χ4v) is 6.83. The summed E-state index contributed by atoms with van der Waals surface area (Å²) in [4.78, 5) is 4.81. The third-order valence-electron chi connectivity index (χ3n) is 9.15. The number of nitrogens with zero attached hydrogens (tertiary/aromatic N) is 2. The van der Waals surface area contributed by atoms with E-state index in [2.05, 4.69) is 180 Å². The number of hydrogen-bond donors (Lipinski definition) is 0. The summed E-state index contributed by atoms with van der Waals surface area (Å²) in [5, 5.41) is 5.04. The molecular formula is C44H36N2. The van der Waals surface area contributed by atoms with E-state index in [0.29, 0.717) is 0 Å². The van der Waals surface area contributed by atoms with Crippen LogP contribution in [0.2, 0.25) is 0 Å². The zero-order chi connectivity index (χ0) is 30.7. The molecule has 7 aromatic carbocycles. The Bertz CT molecular complexity index is 2140. The van der Waals surface area contributed by atoms with E-state index in [1.54, 1.807) is 0 Å². The molecule has 0 aliphatic heterocycles. The van der Waals surface area contributed by atoms with Gasteiger partial charge in [0.1, 0.15) is 0 Å². The monoisotopic (exact) mass is 592 g/mol. The molecule has 0 fully saturated rings. The lowest BCUT2D eigenvalue weighted by Gasteiger charge is -2.31. The van der Waals surface area contributed by atoms with E-state index in [4.69, 9.17) is 0 Å². The molecule has 0 aromatic heterocycles. The van der Waals surface area contributed by atoms with Crippen molar-refractivity contribution >= 4 is 50.0 Å². The summed E-state index contributed by atoms with van der Waals surface area (Å²) in [5.74, 6) is 0. The van der Waals surface area contributed by atoms with Crippen LogP contribution in [0.5, 0.6) is 0 Å². The molecule has 1 aliphatic rings. The zero-order valence-electron chi connectivity index (χ0n) is 25.9. The van der Waals surface area contributed by atoms with Crippen molar-refractivity contribution in [2.75, 3.05) is 9.80 Å². The molecule has 222 valence electrons. The van der Waals surface area contributed by atoms with Crippen LogP contribution in [0.15, 0.2) is 176 Å². The van der Waals surface area contributed by atoms with E-state index in [-0.39, 0.29) is 0 Å². The fourth-order valence-electron chi connectivity index (χ4n) is 6.83. The molecule has 0 heterocycles. The fraction of sp³-hybridized carbons (Fsp3) is 0.0909. The van der Waals surface area contributed by atoms with Crippen LogP contribution in [-0.2, 0) is 0 Å². The third kappa shape index (κ3) is 5.44. The number of hydrogen-bond acceptors (Lipinski definition) is 2. The first kappa shape index (κ1) is 27.9. The maximum Gasteiger partial charge on any atom is 0.0536 e. The molecule has 0 saturated carbocycles. The third-order valence-corrected chi connectivity index (χ3v) is 9.15. The number of anilines is 5. The second kappa shape index (κ2) is 12.4. The molecule has 0 spiro atoms. The van der Waals surface area contributed by atoms with Gasteiger partial charge in [0.15, 0.2) is 0 Å². The first-order valence-electron chi connectivity index (χ1n) is 16.3. The highest BCUT2D eigenvalue weighted by atomic mass is 15.2. The van der Waals surface area contributed by atoms with Crippen LogP contribution in [0.25, 0.3) is 32.7 Å². The second-order valence-electron chi connectivity index (χ2n) is 12.1. The van der Waals surface area contributed by atoms with Crippen molar-refractivity contribution in [2.24, 2.45) is 0 Å². The number of para-hydroxylation sites is 1. The Labute approximate surface area is 271 Å². The van der Waals surface area contributed by atoms with Crippen LogP contribution in [0, 0.1) is 0 Å². The summed E-state index contributed by atoms with van der Waals surface area (Å²) < 4.78 is 0. The van der Waals surface area contributed by atoms with Crippen LogP contribution >= 0.6 is 0 Å². The summed E-state index contributed by atoms with van der Waals surface area (Å²) in [5.41, 5.74) is 9.68. The van der Waals surface area contributed by atoms with Gasteiger partial charge in [-0.05, 0) is 108 Å². The van der Waals surface area contributed by atoms with Gasteiger partial charge in [-0.15, -0.1) is 0 Å². The van der Waals surface area contributed by atoms with Gasteiger partial charge in [-0.25, -0.2) is 0 Å². The van der Waals surface area contributed by atoms with Crippen molar-refractivity contribution in [1.82, 2.24) is 0 Å². The van der Waals surface area contributed by atoms with Gasteiger partial charge in [-0.1, -0.05) is 115 Å². The van der Waals surface area contributed by atoms with Crippen molar-refractivity contribution in [3.63, 3.8) is 0 Å². The molecule has 0 saturated heterocycles. The van der Waals surface area contributed by atoms with Gasteiger partial charge in [-0.3, -0.25) is 0 Å². The van der Waals surface area contributed by atoms with Gasteiger partial charge < -0.3 is 9.80 Å². The van der Waals surface area contributed by atoms with E-state index >= 15 is 0 Å². The van der Waals surface area contributed by atoms with Crippen LogP contribution in [0.1, 0.15) is 25.7 Å². The molecular weight excluding hydrogens is 556 g/mol. The maximum absolute atomic E-state index is 2.48. The molecule has 1 aliphatic carbocycles. The molecule has 8 rings (SSSR count). The molecule has 0 unspecified atom stereocenters. The van der Waals surface area contributed by atoms with E-state index in [1.165, 1.54) is 62.6 Å². The first-order valence-corrected chi connectivity index (χ1v) is 16.3. The summed E-state index contributed by atoms with van der Waals surface area (Å²) >= 11 is 0. The van der Waals surface area contributed by atoms with Crippen molar-refractivity contribution in [3.05, 3.63) is 176 Å². The number of benzene rings is 7. The van der Waals surface area contributed by atoms with E-state index in [9.17, 15) is 0 Å². The molecule has 0 atom stereocenters. The van der Waals surface area contributed by atoms with Crippen LogP contribution < -0.4 is 9.80 Å². The molecule has 0 amide bonds. The normalized spacial score (nSPS) is 13.0. The molecule has 0 radical (unpaired) electrons. The molecule has 2 nitrogen and oxygen atoms in total. The molecule has 2 heteroatoms. The summed E-state index contributed by atoms with van der Waals surface area (Å²) in [7, 11) is 0. The van der Waals surface area contributed by atoms with Gasteiger partial charge in [0, 0.05) is 33.8 Å². The van der Waals surface area contributed by atoms with E-state index < -0.39 is 0 Å². The molecule has 7 aromatic rings. The number of allylic oxidation sites excluding steroid dienone is 2. The van der Waals surface area contributed by atoms with Crippen molar-refractivity contribution in [1.29, 1.82) is 0 Å². The Kier molecular flexibility index (Phi) is 7.54. The topological polar surface area (TPSA) is 6.48 Å². The molecule has 46 heavy (non-hydrogen) atoms. The Morgan fingerprint density at radius 1 is 0.391 bits per heavy atom. The quantitative estimate of drug-likeness (QED) is 0.182. The largest absolute Gasteiger partial charge is 0.314 e. The van der Waals surface area contributed by atoms with Crippen LogP contribution in [-0.4, -0.2) is 0 Å². The van der Waals surface area contributed by atoms with Gasteiger partial charge in [0.2, 0.25) is 0 Å². The lowest BCUT2D eigenvalue weighted by molar-refractivity contribution is 0.691. The highest BCUT2D eigenvalue weighted by Crippen LogP contribution is 2.40. The standard InChI is InChI=1S/C44H36N2/c1-3-16-38(17-4-1)45(42-31-26-33-12-7-8-14-37(33)32-42)40-27-22-34(23-28-40)35-24-29-41(30-25-35)46(39-18-5-2-6-19-39)44-21-11-15-36-13-9-10-20-43(36)44/h1,3-4,7-18,20-32H,2,5-6,19H2. The summed E-state index contributed by atoms with van der Waals surface area (Å²) in [6, 6.07) is 59.3. The van der Waals surface area contributed by atoms with Crippen molar-refractivity contribution in [3.8, 4) is 11.1 Å². The Hall–Kier alpha value is -5.60. The predicted molar refractivity (Wildman–Crippen MR) is 197 cm³/mol.